The van der Waals surface area contributed by atoms with E-state index in [1.165, 1.54) is 95.2 Å². The second-order valence-electron chi connectivity index (χ2n) is 14.0. The molecule has 244 valence electrons. The number of nitrogens with zero attached hydrogens (tertiary/aromatic N) is 1. The maximum Gasteiger partial charge on any atom is 0.0546 e. The Hall–Kier alpha value is -5.70. The highest BCUT2D eigenvalue weighted by atomic mass is 32.1. The Kier molecular flexibility index (Phi) is 7.43. The van der Waals surface area contributed by atoms with E-state index >= 15 is 0 Å². The van der Waals surface area contributed by atoms with Crippen molar-refractivity contribution in [3.8, 4) is 22.3 Å². The number of thiophene rings is 1. The van der Waals surface area contributed by atoms with Crippen LogP contribution in [0.3, 0.4) is 0 Å². The van der Waals surface area contributed by atoms with E-state index in [0.29, 0.717) is 0 Å². The van der Waals surface area contributed by atoms with E-state index in [-0.39, 0.29) is 0 Å². The third-order valence-electron chi connectivity index (χ3n) is 11.0. The Balaban J connectivity index is 1.15. The highest BCUT2D eigenvalue weighted by Gasteiger charge is 2.21. The quantitative estimate of drug-likeness (QED) is 0.170. The Morgan fingerprint density at radius 1 is 0.431 bits per heavy atom. The number of rotatable bonds is 6. The Bertz CT molecular complexity index is 2690. The second kappa shape index (κ2) is 12.6. The zero-order valence-electron chi connectivity index (χ0n) is 28.4. The van der Waals surface area contributed by atoms with E-state index in [4.69, 9.17) is 0 Å². The molecule has 0 atom stereocenters. The summed E-state index contributed by atoms with van der Waals surface area (Å²) in [5.74, 6) is 0.729. The molecule has 0 amide bonds. The molecule has 1 aliphatic carbocycles. The van der Waals surface area contributed by atoms with Crippen molar-refractivity contribution in [3.05, 3.63) is 175 Å². The van der Waals surface area contributed by atoms with Gasteiger partial charge in [-0.1, -0.05) is 140 Å². The fourth-order valence-corrected chi connectivity index (χ4v) is 9.52. The Morgan fingerprint density at radius 3 is 1.84 bits per heavy atom. The minimum Gasteiger partial charge on any atom is -0.310 e. The molecule has 1 nitrogen and oxygen atoms in total. The van der Waals surface area contributed by atoms with Gasteiger partial charge in [-0.15, -0.1) is 11.3 Å². The second-order valence-corrected chi connectivity index (χ2v) is 15.1. The van der Waals surface area contributed by atoms with Gasteiger partial charge in [-0.2, -0.15) is 0 Å². The molecule has 2 heteroatoms. The van der Waals surface area contributed by atoms with E-state index in [2.05, 4.69) is 175 Å². The summed E-state index contributed by atoms with van der Waals surface area (Å²) in [4.78, 5) is 2.47. The molecule has 0 unspecified atom stereocenters. The van der Waals surface area contributed by atoms with Crippen LogP contribution in [-0.2, 0) is 0 Å². The van der Waals surface area contributed by atoms with Gasteiger partial charge in [0.2, 0.25) is 0 Å². The average Bonchev–Trinajstić information content (AvgIpc) is 3.87. The maximum absolute atomic E-state index is 2.47. The van der Waals surface area contributed by atoms with Gasteiger partial charge in [-0.05, 0) is 105 Å². The van der Waals surface area contributed by atoms with E-state index in [1.807, 2.05) is 11.3 Å². The largest absolute Gasteiger partial charge is 0.310 e. The predicted molar refractivity (Wildman–Crippen MR) is 221 cm³/mol. The van der Waals surface area contributed by atoms with Crippen LogP contribution < -0.4 is 4.90 Å². The van der Waals surface area contributed by atoms with Gasteiger partial charge in [-0.25, -0.2) is 0 Å². The van der Waals surface area contributed by atoms with Crippen molar-refractivity contribution in [2.24, 2.45) is 0 Å². The molecule has 0 N–H and O–H groups in total. The van der Waals surface area contributed by atoms with E-state index in [1.54, 1.807) is 0 Å². The summed E-state index contributed by atoms with van der Waals surface area (Å²) < 4.78 is 2.62. The van der Waals surface area contributed by atoms with Crippen LogP contribution in [0, 0.1) is 0 Å². The lowest BCUT2D eigenvalue weighted by Gasteiger charge is -2.29. The first kappa shape index (κ1) is 30.2. The number of benzene rings is 8. The normalized spacial score (nSPS) is 13.5. The van der Waals surface area contributed by atoms with Crippen LogP contribution in [-0.4, -0.2) is 0 Å². The van der Waals surface area contributed by atoms with Crippen LogP contribution in [0.4, 0.5) is 17.1 Å². The molecule has 0 spiro atoms. The van der Waals surface area contributed by atoms with Gasteiger partial charge in [-0.3, -0.25) is 0 Å². The average molecular weight is 672 g/mol. The van der Waals surface area contributed by atoms with Crippen molar-refractivity contribution >= 4 is 70.1 Å². The van der Waals surface area contributed by atoms with Gasteiger partial charge >= 0.3 is 0 Å². The number of hydrogen-bond donors (Lipinski definition) is 0. The zero-order valence-corrected chi connectivity index (χ0v) is 29.2. The molecular weight excluding hydrogens is 635 g/mol. The van der Waals surface area contributed by atoms with Gasteiger partial charge in [0.25, 0.3) is 0 Å². The van der Waals surface area contributed by atoms with Crippen LogP contribution >= 0.6 is 11.3 Å². The van der Waals surface area contributed by atoms with E-state index < -0.39 is 0 Å². The number of anilines is 3. The first-order valence-corrected chi connectivity index (χ1v) is 19.0. The molecule has 51 heavy (non-hydrogen) atoms. The fourth-order valence-electron chi connectivity index (χ4n) is 8.39. The SMILES string of the molecule is c1ccc2cc(-c3c(N(c4ccc(-c5ccc(C6CCCC6)cc5)cc4)c4ccc5c(c4)sc4ccccc45)ccc4ccccc34)ccc2c1. The predicted octanol–water partition coefficient (Wildman–Crippen LogP) is 14.8. The van der Waals surface area contributed by atoms with Gasteiger partial charge < -0.3 is 4.90 Å². The molecule has 10 rings (SSSR count). The van der Waals surface area contributed by atoms with Crippen molar-refractivity contribution in [2.75, 3.05) is 4.90 Å². The summed E-state index contributed by atoms with van der Waals surface area (Å²) in [6.45, 7) is 0. The fraction of sp³-hybridized carbons (Fsp3) is 0.102. The third kappa shape index (κ3) is 5.39. The van der Waals surface area contributed by atoms with Crippen LogP contribution in [0.2, 0.25) is 0 Å². The maximum atomic E-state index is 2.47. The molecule has 0 radical (unpaired) electrons. The lowest BCUT2D eigenvalue weighted by Crippen LogP contribution is -2.11. The van der Waals surface area contributed by atoms with Gasteiger partial charge in [0.1, 0.15) is 0 Å². The number of hydrogen-bond acceptors (Lipinski definition) is 2. The smallest absolute Gasteiger partial charge is 0.0546 e. The summed E-state index contributed by atoms with van der Waals surface area (Å²) in [6.07, 6.45) is 5.38. The van der Waals surface area contributed by atoms with Crippen molar-refractivity contribution in [1.29, 1.82) is 0 Å². The molecule has 8 aromatic carbocycles. The first-order valence-electron chi connectivity index (χ1n) is 18.2. The molecule has 0 bridgehead atoms. The lowest BCUT2D eigenvalue weighted by molar-refractivity contribution is 0.723. The van der Waals surface area contributed by atoms with E-state index in [9.17, 15) is 0 Å². The summed E-state index contributed by atoms with van der Waals surface area (Å²) >= 11 is 1.87. The monoisotopic (exact) mass is 671 g/mol. The first-order chi connectivity index (χ1) is 25.3. The summed E-state index contributed by atoms with van der Waals surface area (Å²) in [6, 6.07) is 63.3. The van der Waals surface area contributed by atoms with Gasteiger partial charge in [0.15, 0.2) is 0 Å². The molecule has 0 saturated heterocycles. The molecule has 1 aromatic heterocycles. The van der Waals surface area contributed by atoms with Crippen LogP contribution in [0.15, 0.2) is 170 Å². The highest BCUT2D eigenvalue weighted by Crippen LogP contribution is 2.47. The van der Waals surface area contributed by atoms with Crippen LogP contribution in [0.5, 0.6) is 0 Å². The molecule has 0 aliphatic heterocycles. The molecule has 1 fully saturated rings. The van der Waals surface area contributed by atoms with Gasteiger partial charge in [0.05, 0.1) is 5.69 Å². The van der Waals surface area contributed by atoms with Crippen molar-refractivity contribution < 1.29 is 0 Å². The topological polar surface area (TPSA) is 3.24 Å². The van der Waals surface area contributed by atoms with E-state index in [0.717, 1.165) is 23.0 Å². The van der Waals surface area contributed by atoms with Gasteiger partial charge in [0, 0.05) is 37.1 Å². The lowest BCUT2D eigenvalue weighted by atomic mass is 9.93. The molecule has 1 saturated carbocycles. The third-order valence-corrected chi connectivity index (χ3v) is 12.1. The minimum atomic E-state index is 0.729. The molecule has 9 aromatic rings. The van der Waals surface area contributed by atoms with Crippen LogP contribution in [0.1, 0.15) is 37.2 Å². The minimum absolute atomic E-state index is 0.729. The zero-order chi connectivity index (χ0) is 33.7. The Morgan fingerprint density at radius 2 is 1.04 bits per heavy atom. The molecule has 1 aliphatic rings. The summed E-state index contributed by atoms with van der Waals surface area (Å²) in [5.41, 5.74) is 9.91. The molecular formula is C49H37NS. The standard InChI is InChI=1S/C49H37NS/c1-2-10-33(9-1)35-17-19-36(20-18-35)37-23-26-41(27-24-37)50(42-28-29-45-44-15-7-8-16-47(44)51-48(45)32-42)46-30-25-38-12-5-6-14-43(38)49(46)40-22-21-34-11-3-4-13-39(34)31-40/h3-8,11-33H,1-2,9-10H2. The number of fused-ring (bicyclic) bond motifs is 5. The Labute approximate surface area is 303 Å². The summed E-state index contributed by atoms with van der Waals surface area (Å²) in [5, 5.41) is 7.61. The molecule has 1 heterocycles. The highest BCUT2D eigenvalue weighted by molar-refractivity contribution is 7.25. The van der Waals surface area contributed by atoms with Crippen molar-refractivity contribution in [3.63, 3.8) is 0 Å². The van der Waals surface area contributed by atoms with Crippen molar-refractivity contribution in [2.45, 2.75) is 31.6 Å². The van der Waals surface area contributed by atoms with Crippen LogP contribution in [0.25, 0.3) is 64.0 Å². The van der Waals surface area contributed by atoms with Crippen molar-refractivity contribution in [1.82, 2.24) is 0 Å². The summed E-state index contributed by atoms with van der Waals surface area (Å²) in [7, 11) is 0.